The van der Waals surface area contributed by atoms with Gasteiger partial charge in [0.2, 0.25) is 0 Å². The third kappa shape index (κ3) is 1.56. The van der Waals surface area contributed by atoms with Crippen LogP contribution in [-0.4, -0.2) is 11.3 Å². The highest BCUT2D eigenvalue weighted by molar-refractivity contribution is 5.85. The van der Waals surface area contributed by atoms with E-state index in [9.17, 15) is 13.6 Å². The summed E-state index contributed by atoms with van der Waals surface area (Å²) in [4.78, 5) is 13.7. The number of nitrogens with zero attached hydrogens (tertiary/aromatic N) is 1. The molecule has 0 aliphatic heterocycles. The number of anilines is 2. The monoisotopic (exact) mass is 187 g/mol. The van der Waals surface area contributed by atoms with Gasteiger partial charge in [-0.1, -0.05) is 0 Å². The van der Waals surface area contributed by atoms with Gasteiger partial charge >= 0.3 is 0 Å². The molecule has 0 atom stereocenters. The number of carbonyl (C=O) groups excluding carboxylic acids is 1. The highest BCUT2D eigenvalue weighted by atomic mass is 19.3. The van der Waals surface area contributed by atoms with Crippen molar-refractivity contribution in [3.05, 3.63) is 17.3 Å². The van der Waals surface area contributed by atoms with Crippen molar-refractivity contribution in [2.24, 2.45) is 0 Å². The van der Waals surface area contributed by atoms with E-state index in [0.717, 1.165) is 6.20 Å². The van der Waals surface area contributed by atoms with E-state index < -0.39 is 12.0 Å². The third-order valence-electron chi connectivity index (χ3n) is 1.57. The lowest BCUT2D eigenvalue weighted by atomic mass is 10.1. The lowest BCUT2D eigenvalue weighted by Crippen LogP contribution is -2.06. The topological polar surface area (TPSA) is 82.0 Å². The third-order valence-corrected chi connectivity index (χ3v) is 1.57. The van der Waals surface area contributed by atoms with Gasteiger partial charge in [-0.25, -0.2) is 13.8 Å². The van der Waals surface area contributed by atoms with E-state index in [-0.39, 0.29) is 17.1 Å². The number of aldehydes is 1. The van der Waals surface area contributed by atoms with Gasteiger partial charge in [0.1, 0.15) is 5.82 Å². The molecular weight excluding hydrogens is 180 g/mol. The van der Waals surface area contributed by atoms with Gasteiger partial charge < -0.3 is 11.5 Å². The summed E-state index contributed by atoms with van der Waals surface area (Å²) < 4.78 is 24.6. The van der Waals surface area contributed by atoms with E-state index in [1.807, 2.05) is 0 Å². The largest absolute Gasteiger partial charge is 0.398 e. The quantitative estimate of drug-likeness (QED) is 0.676. The van der Waals surface area contributed by atoms with Crippen LogP contribution in [0.4, 0.5) is 20.3 Å². The Balaban J connectivity index is 3.38. The van der Waals surface area contributed by atoms with Gasteiger partial charge in [0.25, 0.3) is 6.43 Å². The predicted molar refractivity (Wildman–Crippen MR) is 43.4 cm³/mol. The summed E-state index contributed by atoms with van der Waals surface area (Å²) in [5.41, 5.74) is 9.46. The minimum atomic E-state index is -2.83. The maximum atomic E-state index is 12.3. The predicted octanol–water partition coefficient (Wildman–Crippen LogP) is 0.996. The molecule has 0 aliphatic rings. The zero-order valence-electron chi connectivity index (χ0n) is 6.50. The number of nitrogens with two attached hydrogens (primary N) is 2. The SMILES string of the molecule is Nc1ncc(C=O)c(N)c1C(F)F. The van der Waals surface area contributed by atoms with Gasteiger partial charge in [-0.15, -0.1) is 0 Å². The average molecular weight is 187 g/mol. The molecule has 4 N–H and O–H groups in total. The molecule has 0 radical (unpaired) electrons. The molecule has 0 aliphatic carbocycles. The molecule has 0 aromatic carbocycles. The molecule has 1 aromatic rings. The molecule has 1 rings (SSSR count). The minimum absolute atomic E-state index is 0.0792. The van der Waals surface area contributed by atoms with E-state index in [0.29, 0.717) is 6.29 Å². The van der Waals surface area contributed by atoms with Crippen LogP contribution in [0.3, 0.4) is 0 Å². The zero-order valence-corrected chi connectivity index (χ0v) is 6.50. The number of rotatable bonds is 2. The van der Waals surface area contributed by atoms with Gasteiger partial charge in [0.05, 0.1) is 16.8 Å². The first-order valence-electron chi connectivity index (χ1n) is 3.35. The standard InChI is InChI=1S/C7H7F2N3O/c8-6(9)4-5(10)3(2-13)1-12-7(4)11/h1-2,6H,(H4,10,11,12). The Labute approximate surface area is 72.6 Å². The highest BCUT2D eigenvalue weighted by Gasteiger charge is 2.18. The Bertz CT molecular complexity index is 341. The number of aromatic nitrogens is 1. The van der Waals surface area contributed by atoms with Crippen molar-refractivity contribution >= 4 is 17.8 Å². The number of hydrogen-bond donors (Lipinski definition) is 2. The molecule has 70 valence electrons. The van der Waals surface area contributed by atoms with Crippen molar-refractivity contribution in [3.8, 4) is 0 Å². The molecule has 0 amide bonds. The lowest BCUT2D eigenvalue weighted by Gasteiger charge is -2.08. The molecule has 0 fully saturated rings. The Hall–Kier alpha value is -1.72. The van der Waals surface area contributed by atoms with Crippen LogP contribution in [0.15, 0.2) is 6.20 Å². The smallest absolute Gasteiger partial charge is 0.269 e. The number of halogens is 2. The van der Waals surface area contributed by atoms with Crippen molar-refractivity contribution in [2.45, 2.75) is 6.43 Å². The molecule has 1 aromatic heterocycles. The highest BCUT2D eigenvalue weighted by Crippen LogP contribution is 2.30. The molecule has 0 spiro atoms. The maximum Gasteiger partial charge on any atom is 0.269 e. The van der Waals surface area contributed by atoms with Crippen molar-refractivity contribution in [3.63, 3.8) is 0 Å². The number of carbonyl (C=O) groups is 1. The molecule has 0 bridgehead atoms. The van der Waals surface area contributed by atoms with E-state index in [1.165, 1.54) is 0 Å². The second-order valence-corrected chi connectivity index (χ2v) is 2.34. The van der Waals surface area contributed by atoms with Crippen LogP contribution < -0.4 is 11.5 Å². The Morgan fingerprint density at radius 2 is 2.08 bits per heavy atom. The molecule has 0 saturated heterocycles. The van der Waals surface area contributed by atoms with Gasteiger partial charge in [-0.05, 0) is 0 Å². The molecule has 13 heavy (non-hydrogen) atoms. The van der Waals surface area contributed by atoms with Crippen LogP contribution in [-0.2, 0) is 0 Å². The molecule has 1 heterocycles. The van der Waals surface area contributed by atoms with Crippen molar-refractivity contribution in [2.75, 3.05) is 11.5 Å². The number of hydrogen-bond acceptors (Lipinski definition) is 4. The molecule has 6 heteroatoms. The molecule has 0 unspecified atom stereocenters. The van der Waals surface area contributed by atoms with E-state index in [4.69, 9.17) is 11.5 Å². The molecular formula is C7H7F2N3O. The van der Waals surface area contributed by atoms with E-state index in [2.05, 4.69) is 4.98 Å². The molecule has 4 nitrogen and oxygen atoms in total. The van der Waals surface area contributed by atoms with Crippen LogP contribution >= 0.6 is 0 Å². The number of nitrogen functional groups attached to an aromatic ring is 2. The fourth-order valence-electron chi connectivity index (χ4n) is 0.895. The normalized spacial score (nSPS) is 10.4. The van der Waals surface area contributed by atoms with Gasteiger partial charge in [-0.3, -0.25) is 4.79 Å². The van der Waals surface area contributed by atoms with Gasteiger partial charge in [0, 0.05) is 6.20 Å². The summed E-state index contributed by atoms with van der Waals surface area (Å²) in [6, 6.07) is 0. The van der Waals surface area contributed by atoms with Crippen LogP contribution in [0, 0.1) is 0 Å². The van der Waals surface area contributed by atoms with E-state index in [1.54, 1.807) is 0 Å². The first-order valence-corrected chi connectivity index (χ1v) is 3.35. The first-order chi connectivity index (χ1) is 6.07. The Morgan fingerprint density at radius 1 is 1.46 bits per heavy atom. The van der Waals surface area contributed by atoms with Crippen LogP contribution in [0.1, 0.15) is 22.3 Å². The van der Waals surface area contributed by atoms with E-state index >= 15 is 0 Å². The second kappa shape index (κ2) is 3.34. The minimum Gasteiger partial charge on any atom is -0.398 e. The summed E-state index contributed by atoms with van der Waals surface area (Å²) >= 11 is 0. The average Bonchev–Trinajstić information content (AvgIpc) is 2.04. The Kier molecular flexibility index (Phi) is 2.41. The van der Waals surface area contributed by atoms with Crippen molar-refractivity contribution < 1.29 is 13.6 Å². The maximum absolute atomic E-state index is 12.3. The van der Waals surface area contributed by atoms with Gasteiger partial charge in [-0.2, -0.15) is 0 Å². The Morgan fingerprint density at radius 3 is 2.54 bits per heavy atom. The fourth-order valence-corrected chi connectivity index (χ4v) is 0.895. The lowest BCUT2D eigenvalue weighted by molar-refractivity contribution is 0.112. The summed E-state index contributed by atoms with van der Waals surface area (Å²) in [5.74, 6) is -0.349. The zero-order chi connectivity index (χ0) is 10.0. The summed E-state index contributed by atoms with van der Waals surface area (Å²) in [6.45, 7) is 0. The fraction of sp³-hybridized carbons (Fsp3) is 0.143. The molecule has 0 saturated carbocycles. The van der Waals surface area contributed by atoms with Crippen LogP contribution in [0.5, 0.6) is 0 Å². The van der Waals surface area contributed by atoms with Crippen LogP contribution in [0.25, 0.3) is 0 Å². The number of pyridine rings is 1. The first kappa shape index (κ1) is 9.37. The summed E-state index contributed by atoms with van der Waals surface area (Å²) in [6.07, 6.45) is -1.41. The van der Waals surface area contributed by atoms with Crippen LogP contribution in [0.2, 0.25) is 0 Å². The van der Waals surface area contributed by atoms with Crippen molar-refractivity contribution in [1.82, 2.24) is 4.98 Å². The number of alkyl halides is 2. The van der Waals surface area contributed by atoms with Crippen molar-refractivity contribution in [1.29, 1.82) is 0 Å². The second-order valence-electron chi connectivity index (χ2n) is 2.34. The summed E-state index contributed by atoms with van der Waals surface area (Å²) in [5, 5.41) is 0. The summed E-state index contributed by atoms with van der Waals surface area (Å²) in [7, 11) is 0. The van der Waals surface area contributed by atoms with Gasteiger partial charge in [0.15, 0.2) is 6.29 Å².